The Labute approximate surface area is 132 Å². The highest BCUT2D eigenvalue weighted by molar-refractivity contribution is 7.86. The first-order valence-corrected chi connectivity index (χ1v) is 8.36. The molecule has 0 radical (unpaired) electrons. The summed E-state index contributed by atoms with van der Waals surface area (Å²) in [6.07, 6.45) is 0. The van der Waals surface area contributed by atoms with Gasteiger partial charge in [-0.15, -0.1) is 0 Å². The third-order valence-corrected chi connectivity index (χ3v) is 5.03. The molecule has 118 valence electrons. The van der Waals surface area contributed by atoms with Gasteiger partial charge in [0.2, 0.25) is 0 Å². The minimum absolute atomic E-state index is 0. The molecule has 1 saturated heterocycles. The summed E-state index contributed by atoms with van der Waals surface area (Å²) in [7, 11) is -3.94. The molecule has 2 aromatic rings. The Morgan fingerprint density at radius 1 is 0.909 bits per heavy atom. The first kappa shape index (κ1) is 16.7. The molecule has 1 N–H and O–H groups in total. The predicted molar refractivity (Wildman–Crippen MR) is 88.4 cm³/mol. The maximum absolute atomic E-state index is 11.2. The number of hydrogen-bond acceptors (Lipinski definition) is 3. The van der Waals surface area contributed by atoms with Crippen molar-refractivity contribution in [1.82, 2.24) is 4.90 Å². The third kappa shape index (κ3) is 3.38. The zero-order valence-electron chi connectivity index (χ0n) is 11.5. The molecule has 1 aliphatic rings. The van der Waals surface area contributed by atoms with Crippen molar-refractivity contribution in [2.75, 3.05) is 13.1 Å². The van der Waals surface area contributed by atoms with Crippen LogP contribution in [0.5, 0.6) is 0 Å². The smallest absolute Gasteiger partial charge is 0.270 e. The molecule has 0 atom stereocenters. The van der Waals surface area contributed by atoms with Gasteiger partial charge in [-0.25, -0.2) is 0 Å². The van der Waals surface area contributed by atoms with Crippen molar-refractivity contribution >= 4 is 10.1 Å². The predicted octanol–water partition coefficient (Wildman–Crippen LogP) is 2.98. The van der Waals surface area contributed by atoms with Gasteiger partial charge in [0.05, 0.1) is 6.04 Å². The summed E-state index contributed by atoms with van der Waals surface area (Å²) in [5.41, 5.74) is 2.25. The van der Waals surface area contributed by atoms with E-state index < -0.39 is 15.4 Å². The van der Waals surface area contributed by atoms with Crippen LogP contribution in [0.25, 0.3) is 0 Å². The molecule has 2 aromatic carbocycles. The molecule has 0 bridgehead atoms. The highest BCUT2D eigenvalue weighted by Crippen LogP contribution is 2.33. The van der Waals surface area contributed by atoms with Gasteiger partial charge in [-0.05, 0) is 11.1 Å². The summed E-state index contributed by atoms with van der Waals surface area (Å²) in [6.45, 7) is 0.709. The number of hydrogen-bond donors (Lipinski definition) is 1. The second kappa shape index (κ2) is 6.60. The Bertz CT molecular complexity index is 656. The molecule has 5 heteroatoms. The highest BCUT2D eigenvalue weighted by Gasteiger charge is 2.40. The number of rotatable bonds is 4. The van der Waals surface area contributed by atoms with Crippen molar-refractivity contribution in [2.24, 2.45) is 0 Å². The van der Waals surface area contributed by atoms with Gasteiger partial charge in [-0.2, -0.15) is 8.42 Å². The Morgan fingerprint density at radius 3 is 1.68 bits per heavy atom. The zero-order valence-corrected chi connectivity index (χ0v) is 12.3. The zero-order chi connectivity index (χ0) is 14.9. The van der Waals surface area contributed by atoms with E-state index in [0.29, 0.717) is 13.1 Å². The highest BCUT2D eigenvalue weighted by atomic mass is 32.2. The summed E-state index contributed by atoms with van der Waals surface area (Å²) < 4.78 is 31.5. The van der Waals surface area contributed by atoms with Gasteiger partial charge in [0.15, 0.2) is 0 Å². The van der Waals surface area contributed by atoms with Crippen molar-refractivity contribution in [3.63, 3.8) is 0 Å². The van der Waals surface area contributed by atoms with E-state index in [1.165, 1.54) is 0 Å². The summed E-state index contributed by atoms with van der Waals surface area (Å²) in [4.78, 5) is 2.07. The third-order valence-electron chi connectivity index (χ3n) is 3.89. The van der Waals surface area contributed by atoms with E-state index in [4.69, 9.17) is 4.55 Å². The normalized spacial score (nSPS) is 16.1. The number of likely N-dealkylation sites (tertiary alicyclic amines) is 1. The maximum atomic E-state index is 11.2. The lowest BCUT2D eigenvalue weighted by Crippen LogP contribution is -2.55. The van der Waals surface area contributed by atoms with Crippen molar-refractivity contribution in [2.45, 2.75) is 18.7 Å². The molecule has 0 aliphatic carbocycles. The van der Waals surface area contributed by atoms with Gasteiger partial charge in [-0.1, -0.05) is 68.1 Å². The van der Waals surface area contributed by atoms with E-state index in [2.05, 4.69) is 4.90 Å². The van der Waals surface area contributed by atoms with E-state index in [1.54, 1.807) is 0 Å². The molecule has 22 heavy (non-hydrogen) atoms. The Morgan fingerprint density at radius 2 is 1.32 bits per heavy atom. The lowest BCUT2D eigenvalue weighted by molar-refractivity contribution is 0.139. The molecule has 0 aromatic heterocycles. The minimum atomic E-state index is -3.94. The van der Waals surface area contributed by atoms with E-state index in [9.17, 15) is 8.42 Å². The molecule has 0 spiro atoms. The first-order chi connectivity index (χ1) is 10.1. The van der Waals surface area contributed by atoms with Crippen LogP contribution >= 0.6 is 0 Å². The minimum Gasteiger partial charge on any atom is -0.289 e. The Hall–Kier alpha value is -1.69. The first-order valence-electron chi connectivity index (χ1n) is 6.86. The topological polar surface area (TPSA) is 57.6 Å². The van der Waals surface area contributed by atoms with Crippen LogP contribution in [0.4, 0.5) is 0 Å². The monoisotopic (exact) mass is 319 g/mol. The van der Waals surface area contributed by atoms with Crippen molar-refractivity contribution in [3.05, 3.63) is 71.8 Å². The SMILES string of the molecule is C.O=S(=O)(O)C1CN(C(c2ccccc2)c2ccccc2)C1. The van der Waals surface area contributed by atoms with Crippen LogP contribution in [0.3, 0.4) is 0 Å². The van der Waals surface area contributed by atoms with Crippen LogP contribution in [0.15, 0.2) is 60.7 Å². The fourth-order valence-corrected chi connectivity index (χ4v) is 3.51. The number of benzene rings is 2. The molecule has 1 fully saturated rings. The Kier molecular flexibility index (Phi) is 5.01. The fourth-order valence-electron chi connectivity index (χ4n) is 2.75. The average molecular weight is 319 g/mol. The van der Waals surface area contributed by atoms with E-state index in [-0.39, 0.29) is 13.5 Å². The second-order valence-electron chi connectivity index (χ2n) is 5.31. The maximum Gasteiger partial charge on any atom is 0.270 e. The van der Waals surface area contributed by atoms with Crippen LogP contribution in [0.2, 0.25) is 0 Å². The standard InChI is InChI=1S/C16H17NO3S.CH4/c18-21(19,20)15-11-17(12-15)16(13-7-3-1-4-8-13)14-9-5-2-6-10-14;/h1-10,15-16H,11-12H2,(H,18,19,20);1H4. The average Bonchev–Trinajstić information content (AvgIpc) is 2.42. The van der Waals surface area contributed by atoms with Crippen molar-refractivity contribution in [1.29, 1.82) is 0 Å². The van der Waals surface area contributed by atoms with Gasteiger partial charge in [0.1, 0.15) is 5.25 Å². The molecule has 0 amide bonds. The van der Waals surface area contributed by atoms with Crippen LogP contribution in [0.1, 0.15) is 24.6 Å². The van der Waals surface area contributed by atoms with Gasteiger partial charge in [0, 0.05) is 13.1 Å². The van der Waals surface area contributed by atoms with Gasteiger partial charge >= 0.3 is 0 Å². The summed E-state index contributed by atoms with van der Waals surface area (Å²) in [5.74, 6) is 0. The fraction of sp³-hybridized carbons (Fsp3) is 0.294. The van der Waals surface area contributed by atoms with Crippen LogP contribution in [0, 0.1) is 0 Å². The quantitative estimate of drug-likeness (QED) is 0.880. The van der Waals surface area contributed by atoms with E-state index in [0.717, 1.165) is 11.1 Å². The molecule has 0 unspecified atom stereocenters. The molecule has 3 rings (SSSR count). The van der Waals surface area contributed by atoms with Crippen LogP contribution in [-0.4, -0.2) is 36.2 Å². The number of nitrogens with zero attached hydrogens (tertiary/aromatic N) is 1. The molecule has 1 aliphatic heterocycles. The van der Waals surface area contributed by atoms with Crippen molar-refractivity contribution in [3.8, 4) is 0 Å². The van der Waals surface area contributed by atoms with E-state index >= 15 is 0 Å². The molecular formula is C17H21NO3S. The lowest BCUT2D eigenvalue weighted by atomic mass is 9.94. The molecule has 0 saturated carbocycles. The van der Waals surface area contributed by atoms with Crippen LogP contribution < -0.4 is 0 Å². The summed E-state index contributed by atoms with van der Waals surface area (Å²) >= 11 is 0. The Balaban J connectivity index is 0.00000176. The lowest BCUT2D eigenvalue weighted by Gasteiger charge is -2.43. The van der Waals surface area contributed by atoms with E-state index in [1.807, 2.05) is 60.7 Å². The molecule has 1 heterocycles. The molecular weight excluding hydrogens is 298 g/mol. The summed E-state index contributed by atoms with van der Waals surface area (Å²) in [5, 5.41) is -0.674. The molecule has 4 nitrogen and oxygen atoms in total. The van der Waals surface area contributed by atoms with Gasteiger partial charge in [-0.3, -0.25) is 9.45 Å². The van der Waals surface area contributed by atoms with Gasteiger partial charge in [0.25, 0.3) is 10.1 Å². The van der Waals surface area contributed by atoms with Crippen LogP contribution in [-0.2, 0) is 10.1 Å². The summed E-state index contributed by atoms with van der Waals surface area (Å²) in [6, 6.07) is 20.0. The second-order valence-corrected chi connectivity index (χ2v) is 7.01. The van der Waals surface area contributed by atoms with Crippen molar-refractivity contribution < 1.29 is 13.0 Å². The largest absolute Gasteiger partial charge is 0.289 e. The van der Waals surface area contributed by atoms with Gasteiger partial charge < -0.3 is 0 Å².